The van der Waals surface area contributed by atoms with Crippen molar-refractivity contribution in [2.75, 3.05) is 37.6 Å². The highest BCUT2D eigenvalue weighted by atomic mass is 16.4. The minimum atomic E-state index is 0.192. The van der Waals surface area contributed by atoms with Gasteiger partial charge in [-0.25, -0.2) is 0 Å². The Balaban J connectivity index is 1.61. The molecule has 2 N–H and O–H groups in total. The van der Waals surface area contributed by atoms with Gasteiger partial charge >= 0.3 is 0 Å². The maximum atomic E-state index is 12.0. The molecule has 1 aliphatic rings. The SMILES string of the molecule is NCCCC(=O)N1CCN(c2nc3ccccc3o2)CC1. The number of piperazine rings is 1. The van der Waals surface area contributed by atoms with Crippen LogP contribution < -0.4 is 10.6 Å². The Morgan fingerprint density at radius 2 is 2.00 bits per heavy atom. The van der Waals surface area contributed by atoms with Crippen LogP contribution in [0.1, 0.15) is 12.8 Å². The Hall–Kier alpha value is -2.08. The summed E-state index contributed by atoms with van der Waals surface area (Å²) >= 11 is 0. The molecule has 1 amide bonds. The van der Waals surface area contributed by atoms with Gasteiger partial charge in [-0.3, -0.25) is 4.79 Å². The molecule has 0 atom stereocenters. The quantitative estimate of drug-likeness (QED) is 0.915. The molecule has 21 heavy (non-hydrogen) atoms. The van der Waals surface area contributed by atoms with Crippen molar-refractivity contribution in [1.82, 2.24) is 9.88 Å². The average Bonchev–Trinajstić information content (AvgIpc) is 2.96. The van der Waals surface area contributed by atoms with E-state index in [0.29, 0.717) is 32.1 Å². The number of benzene rings is 1. The van der Waals surface area contributed by atoms with E-state index in [4.69, 9.17) is 10.2 Å². The van der Waals surface area contributed by atoms with Crippen LogP contribution in [0.15, 0.2) is 28.7 Å². The summed E-state index contributed by atoms with van der Waals surface area (Å²) in [5, 5.41) is 0. The van der Waals surface area contributed by atoms with Gasteiger partial charge in [-0.2, -0.15) is 4.98 Å². The summed E-state index contributed by atoms with van der Waals surface area (Å²) in [5.41, 5.74) is 7.11. The van der Waals surface area contributed by atoms with Crippen LogP contribution in [0.3, 0.4) is 0 Å². The number of carbonyl (C=O) groups excluding carboxylic acids is 1. The normalized spacial score (nSPS) is 15.7. The minimum Gasteiger partial charge on any atom is -0.423 e. The third kappa shape index (κ3) is 3.00. The Bertz CT molecular complexity index is 584. The highest BCUT2D eigenvalue weighted by Crippen LogP contribution is 2.22. The van der Waals surface area contributed by atoms with Gasteiger partial charge in [0.15, 0.2) is 5.58 Å². The van der Waals surface area contributed by atoms with Crippen molar-refractivity contribution in [3.8, 4) is 0 Å². The van der Waals surface area contributed by atoms with E-state index < -0.39 is 0 Å². The third-order valence-electron chi connectivity index (χ3n) is 3.78. The lowest BCUT2D eigenvalue weighted by Crippen LogP contribution is -2.48. The summed E-state index contributed by atoms with van der Waals surface area (Å²) in [6.45, 7) is 3.49. The van der Waals surface area contributed by atoms with Crippen molar-refractivity contribution >= 4 is 23.0 Å². The second-order valence-electron chi connectivity index (χ2n) is 5.22. The van der Waals surface area contributed by atoms with Crippen molar-refractivity contribution in [2.24, 2.45) is 5.73 Å². The smallest absolute Gasteiger partial charge is 0.298 e. The lowest BCUT2D eigenvalue weighted by Gasteiger charge is -2.33. The number of carbonyl (C=O) groups is 1. The first-order valence-electron chi connectivity index (χ1n) is 7.36. The van der Waals surface area contributed by atoms with Gasteiger partial charge < -0.3 is 20.0 Å². The Morgan fingerprint density at radius 3 is 2.71 bits per heavy atom. The summed E-state index contributed by atoms with van der Waals surface area (Å²) < 4.78 is 5.76. The van der Waals surface area contributed by atoms with Crippen LogP contribution in [-0.4, -0.2) is 48.5 Å². The number of para-hydroxylation sites is 2. The van der Waals surface area contributed by atoms with E-state index in [9.17, 15) is 4.79 Å². The molecule has 6 heteroatoms. The van der Waals surface area contributed by atoms with Crippen LogP contribution in [0.2, 0.25) is 0 Å². The second-order valence-corrected chi connectivity index (χ2v) is 5.22. The number of oxazole rings is 1. The molecular weight excluding hydrogens is 268 g/mol. The van der Waals surface area contributed by atoms with Crippen LogP contribution in [0.5, 0.6) is 0 Å². The number of hydrogen-bond acceptors (Lipinski definition) is 5. The van der Waals surface area contributed by atoms with E-state index in [1.165, 1.54) is 0 Å². The molecule has 112 valence electrons. The molecule has 0 unspecified atom stereocenters. The number of nitrogens with two attached hydrogens (primary N) is 1. The van der Waals surface area contributed by atoms with Crippen LogP contribution in [0.25, 0.3) is 11.1 Å². The topological polar surface area (TPSA) is 75.6 Å². The number of fused-ring (bicyclic) bond motifs is 1. The summed E-state index contributed by atoms with van der Waals surface area (Å²) in [5.74, 6) is 0.192. The maximum Gasteiger partial charge on any atom is 0.298 e. The molecule has 3 rings (SSSR count). The zero-order chi connectivity index (χ0) is 14.7. The molecule has 0 saturated carbocycles. The first-order valence-corrected chi connectivity index (χ1v) is 7.36. The number of aromatic nitrogens is 1. The molecular formula is C15H20N4O2. The van der Waals surface area contributed by atoms with Gasteiger partial charge in [0.1, 0.15) is 5.52 Å². The lowest BCUT2D eigenvalue weighted by atomic mass is 10.2. The minimum absolute atomic E-state index is 0.192. The van der Waals surface area contributed by atoms with Crippen molar-refractivity contribution in [1.29, 1.82) is 0 Å². The third-order valence-corrected chi connectivity index (χ3v) is 3.78. The Kier molecular flexibility index (Phi) is 4.06. The first kappa shape index (κ1) is 13.9. The first-order chi connectivity index (χ1) is 10.3. The van der Waals surface area contributed by atoms with Gasteiger partial charge in [-0.1, -0.05) is 12.1 Å². The molecule has 0 aliphatic carbocycles. The maximum absolute atomic E-state index is 12.0. The van der Waals surface area contributed by atoms with Crippen LogP contribution in [0.4, 0.5) is 6.01 Å². The molecule has 2 aromatic rings. The Labute approximate surface area is 123 Å². The molecule has 6 nitrogen and oxygen atoms in total. The number of anilines is 1. The van der Waals surface area contributed by atoms with Crippen molar-refractivity contribution in [2.45, 2.75) is 12.8 Å². The number of hydrogen-bond donors (Lipinski definition) is 1. The van der Waals surface area contributed by atoms with Crippen molar-refractivity contribution in [3.05, 3.63) is 24.3 Å². The van der Waals surface area contributed by atoms with Gasteiger partial charge in [-0.05, 0) is 25.1 Å². The molecule has 1 aliphatic heterocycles. The zero-order valence-electron chi connectivity index (χ0n) is 12.0. The fourth-order valence-electron chi connectivity index (χ4n) is 2.55. The summed E-state index contributed by atoms with van der Waals surface area (Å²) in [6, 6.07) is 8.38. The number of rotatable bonds is 4. The highest BCUT2D eigenvalue weighted by molar-refractivity contribution is 5.77. The van der Waals surface area contributed by atoms with E-state index >= 15 is 0 Å². The molecule has 0 bridgehead atoms. The van der Waals surface area contributed by atoms with E-state index in [1.54, 1.807) is 0 Å². The standard InChI is InChI=1S/C15H20N4O2/c16-7-3-6-14(20)18-8-10-19(11-9-18)15-17-12-4-1-2-5-13(12)21-15/h1-2,4-5H,3,6-11,16H2. The predicted molar refractivity (Wildman–Crippen MR) is 81.1 cm³/mol. The zero-order valence-corrected chi connectivity index (χ0v) is 12.0. The molecule has 1 aromatic carbocycles. The monoisotopic (exact) mass is 288 g/mol. The molecule has 1 fully saturated rings. The molecule has 1 aromatic heterocycles. The molecule has 2 heterocycles. The lowest BCUT2D eigenvalue weighted by molar-refractivity contribution is -0.131. The Morgan fingerprint density at radius 1 is 1.24 bits per heavy atom. The molecule has 0 radical (unpaired) electrons. The van der Waals surface area contributed by atoms with Crippen molar-refractivity contribution < 1.29 is 9.21 Å². The van der Waals surface area contributed by atoms with Gasteiger partial charge in [0.2, 0.25) is 5.91 Å². The van der Waals surface area contributed by atoms with Crippen molar-refractivity contribution in [3.63, 3.8) is 0 Å². The fraction of sp³-hybridized carbons (Fsp3) is 0.467. The number of amides is 1. The summed E-state index contributed by atoms with van der Waals surface area (Å²) in [4.78, 5) is 20.4. The van der Waals surface area contributed by atoms with Gasteiger partial charge in [0, 0.05) is 32.6 Å². The second kappa shape index (κ2) is 6.13. The fourth-order valence-corrected chi connectivity index (χ4v) is 2.55. The van der Waals surface area contributed by atoms with Gasteiger partial charge in [0.25, 0.3) is 6.01 Å². The average molecular weight is 288 g/mol. The summed E-state index contributed by atoms with van der Waals surface area (Å²) in [6.07, 6.45) is 1.30. The van der Waals surface area contributed by atoms with Gasteiger partial charge in [0.05, 0.1) is 0 Å². The molecule has 1 saturated heterocycles. The van der Waals surface area contributed by atoms with E-state index in [1.807, 2.05) is 29.2 Å². The van der Waals surface area contributed by atoms with E-state index in [0.717, 1.165) is 30.6 Å². The van der Waals surface area contributed by atoms with Crippen LogP contribution >= 0.6 is 0 Å². The number of nitrogens with zero attached hydrogens (tertiary/aromatic N) is 3. The predicted octanol–water partition coefficient (Wildman–Crippen LogP) is 1.22. The highest BCUT2D eigenvalue weighted by Gasteiger charge is 2.23. The van der Waals surface area contributed by atoms with E-state index in [-0.39, 0.29) is 5.91 Å². The van der Waals surface area contributed by atoms with Crippen LogP contribution in [0, 0.1) is 0 Å². The van der Waals surface area contributed by atoms with Crippen LogP contribution in [-0.2, 0) is 4.79 Å². The summed E-state index contributed by atoms with van der Waals surface area (Å²) in [7, 11) is 0. The van der Waals surface area contributed by atoms with E-state index in [2.05, 4.69) is 9.88 Å². The molecule has 0 spiro atoms. The largest absolute Gasteiger partial charge is 0.423 e. The van der Waals surface area contributed by atoms with Gasteiger partial charge in [-0.15, -0.1) is 0 Å².